The summed E-state index contributed by atoms with van der Waals surface area (Å²) in [6, 6.07) is 0. The first-order valence-electron chi connectivity index (χ1n) is 6.47. The van der Waals surface area contributed by atoms with Gasteiger partial charge in [-0.05, 0) is 0 Å². The standard InChI is InChI=1S/C10H14N5O7P.2Na.H2O/c11-10-13-8-7(9(17)14-10)12-3-15(8)6-1-4(16)5(22-6)2-21-23(18,19)20;;;/h3-6,16H,1-2H2,(H2,18,19,20)(H3,11,13,14,17);;;1H2/q;2*+1;/p-2/t4-,5+,6+;;;/m0.../s1. The first-order chi connectivity index (χ1) is 10.7. The van der Waals surface area contributed by atoms with Crippen LogP contribution in [0.3, 0.4) is 0 Å². The van der Waals surface area contributed by atoms with Gasteiger partial charge < -0.3 is 39.9 Å². The molecule has 0 spiro atoms. The van der Waals surface area contributed by atoms with Crippen LogP contribution in [0.2, 0.25) is 0 Å². The van der Waals surface area contributed by atoms with E-state index in [-0.39, 0.29) is 88.1 Å². The number of imidazole rings is 1. The fraction of sp³-hybridized carbons (Fsp3) is 0.500. The molecule has 0 unspecified atom stereocenters. The molecular weight excluding hydrogens is 395 g/mol. The summed E-state index contributed by atoms with van der Waals surface area (Å²) in [5.74, 6) is -0.110. The van der Waals surface area contributed by atoms with Gasteiger partial charge in [0.25, 0.3) is 5.56 Å². The third-order valence-electron chi connectivity index (χ3n) is 3.36. The molecule has 1 aliphatic rings. The van der Waals surface area contributed by atoms with Crippen LogP contribution in [-0.2, 0) is 13.8 Å². The molecule has 1 fully saturated rings. The second kappa shape index (κ2) is 10.1. The number of aromatic amines is 1. The van der Waals surface area contributed by atoms with E-state index in [4.69, 9.17) is 10.5 Å². The number of phosphoric ester groups is 1. The average Bonchev–Trinajstić information content (AvgIpc) is 2.99. The van der Waals surface area contributed by atoms with E-state index in [1.165, 1.54) is 10.9 Å². The second-order valence-electron chi connectivity index (χ2n) is 4.95. The molecule has 2 aromatic heterocycles. The average molecular weight is 409 g/mol. The van der Waals surface area contributed by atoms with E-state index in [0.717, 1.165) is 0 Å². The molecule has 134 valence electrons. The van der Waals surface area contributed by atoms with Crippen LogP contribution in [0, 0.1) is 0 Å². The van der Waals surface area contributed by atoms with Crippen LogP contribution in [0.25, 0.3) is 11.2 Å². The van der Waals surface area contributed by atoms with Crippen molar-refractivity contribution in [1.82, 2.24) is 19.5 Å². The minimum Gasteiger partial charge on any atom is -0.790 e. The van der Waals surface area contributed by atoms with Crippen LogP contribution in [0.4, 0.5) is 5.95 Å². The zero-order valence-electron chi connectivity index (χ0n) is 14.0. The van der Waals surface area contributed by atoms with Gasteiger partial charge in [-0.15, -0.1) is 0 Å². The van der Waals surface area contributed by atoms with E-state index in [2.05, 4.69) is 19.5 Å². The molecule has 0 aromatic carbocycles. The molecule has 1 aliphatic heterocycles. The summed E-state index contributed by atoms with van der Waals surface area (Å²) >= 11 is 0. The number of nitrogen functional groups attached to an aromatic ring is 1. The monoisotopic (exact) mass is 409 g/mol. The molecule has 2 aromatic rings. The Morgan fingerprint density at radius 2 is 2.15 bits per heavy atom. The normalized spacial score (nSPS) is 22.3. The first-order valence-corrected chi connectivity index (χ1v) is 7.93. The van der Waals surface area contributed by atoms with Crippen molar-refractivity contribution in [2.75, 3.05) is 12.3 Å². The Kier molecular flexibility index (Phi) is 10.1. The molecule has 0 radical (unpaired) electrons. The molecule has 26 heavy (non-hydrogen) atoms. The van der Waals surface area contributed by atoms with Crippen molar-refractivity contribution in [2.45, 2.75) is 24.9 Å². The predicted molar refractivity (Wildman–Crippen MR) is 74.3 cm³/mol. The van der Waals surface area contributed by atoms with Crippen molar-refractivity contribution in [3.8, 4) is 0 Å². The van der Waals surface area contributed by atoms with Gasteiger partial charge in [0.05, 0.1) is 26.9 Å². The first kappa shape index (κ1) is 26.1. The van der Waals surface area contributed by atoms with Gasteiger partial charge in [0.15, 0.2) is 11.2 Å². The Hall–Kier alpha value is 0.140. The summed E-state index contributed by atoms with van der Waals surface area (Å²) < 4.78 is 21.5. The summed E-state index contributed by atoms with van der Waals surface area (Å²) in [5.41, 5.74) is 5.16. The number of nitrogens with one attached hydrogen (secondary N) is 1. The maximum atomic E-state index is 11.7. The number of aromatic nitrogens is 4. The molecule has 13 nitrogen and oxygen atoms in total. The molecule has 3 atom stereocenters. The number of nitrogens with zero attached hydrogens (tertiary/aromatic N) is 3. The molecule has 6 N–H and O–H groups in total. The van der Waals surface area contributed by atoms with Crippen LogP contribution in [0.5, 0.6) is 0 Å². The Balaban J connectivity index is 0.00000208. The zero-order chi connectivity index (χ0) is 16.8. The van der Waals surface area contributed by atoms with E-state index >= 15 is 0 Å². The SMILES string of the molecule is Nc1nc2c(ncn2[C@H]2C[C@H](O)[C@@H](COP(=O)([O-])[O-])O2)c(=O)[nH]1.O.[Na+].[Na+]. The second-order valence-corrected chi connectivity index (χ2v) is 6.10. The number of anilines is 1. The van der Waals surface area contributed by atoms with Crippen molar-refractivity contribution in [1.29, 1.82) is 0 Å². The van der Waals surface area contributed by atoms with E-state index in [0.29, 0.717) is 0 Å². The number of aliphatic hydroxyl groups excluding tert-OH is 1. The number of rotatable bonds is 4. The fourth-order valence-corrected chi connectivity index (χ4v) is 2.68. The van der Waals surface area contributed by atoms with Crippen molar-refractivity contribution >= 4 is 24.9 Å². The molecule has 0 amide bonds. The fourth-order valence-electron chi connectivity index (χ4n) is 2.35. The van der Waals surface area contributed by atoms with Gasteiger partial charge >= 0.3 is 59.1 Å². The molecular formula is C10H14N5Na2O8P. The third kappa shape index (κ3) is 5.82. The summed E-state index contributed by atoms with van der Waals surface area (Å²) in [6.07, 6.45) is -1.50. The van der Waals surface area contributed by atoms with Crippen LogP contribution >= 0.6 is 7.82 Å². The van der Waals surface area contributed by atoms with E-state index in [1.54, 1.807) is 0 Å². The van der Waals surface area contributed by atoms with Crippen LogP contribution in [0.1, 0.15) is 12.6 Å². The third-order valence-corrected chi connectivity index (χ3v) is 3.83. The quantitative estimate of drug-likeness (QED) is 0.319. The Labute approximate surface area is 190 Å². The predicted octanol–water partition coefficient (Wildman–Crippen LogP) is -9.62. The van der Waals surface area contributed by atoms with Crippen LogP contribution in [-0.4, -0.2) is 48.9 Å². The number of nitrogens with two attached hydrogens (primary N) is 1. The van der Waals surface area contributed by atoms with Gasteiger partial charge in [-0.2, -0.15) is 4.98 Å². The molecule has 1 saturated heterocycles. The van der Waals surface area contributed by atoms with Crippen molar-refractivity contribution in [3.05, 3.63) is 16.7 Å². The number of H-pyrrole nitrogens is 1. The smallest absolute Gasteiger partial charge is 0.790 e. The Morgan fingerprint density at radius 3 is 2.77 bits per heavy atom. The minimum atomic E-state index is -5.16. The number of ether oxygens (including phenoxy) is 1. The topological polar surface area (TPSA) is 223 Å². The number of phosphoric acid groups is 1. The molecule has 16 heteroatoms. The van der Waals surface area contributed by atoms with Crippen molar-refractivity contribution in [2.24, 2.45) is 0 Å². The van der Waals surface area contributed by atoms with E-state index in [9.17, 15) is 24.3 Å². The largest absolute Gasteiger partial charge is 1.00 e. The van der Waals surface area contributed by atoms with Gasteiger partial charge in [0, 0.05) is 6.42 Å². The van der Waals surface area contributed by atoms with Gasteiger partial charge in [0.1, 0.15) is 12.3 Å². The molecule has 0 saturated carbocycles. The van der Waals surface area contributed by atoms with Gasteiger partial charge in [-0.1, -0.05) is 0 Å². The number of hydrogen-bond donors (Lipinski definition) is 3. The van der Waals surface area contributed by atoms with Gasteiger partial charge in [-0.25, -0.2) is 4.98 Å². The molecule has 0 aliphatic carbocycles. The Bertz CT molecular complexity index is 840. The molecule has 0 bridgehead atoms. The minimum absolute atomic E-state index is 0. The summed E-state index contributed by atoms with van der Waals surface area (Å²) in [5, 5.41) is 9.89. The van der Waals surface area contributed by atoms with Crippen molar-refractivity contribution in [3.63, 3.8) is 0 Å². The van der Waals surface area contributed by atoms with Gasteiger partial charge in [0.2, 0.25) is 5.95 Å². The van der Waals surface area contributed by atoms with Crippen molar-refractivity contribution < 1.29 is 93.3 Å². The maximum absolute atomic E-state index is 11.7. The molecule has 3 heterocycles. The Morgan fingerprint density at radius 1 is 1.50 bits per heavy atom. The number of hydrogen-bond acceptors (Lipinski definition) is 10. The van der Waals surface area contributed by atoms with E-state index < -0.39 is 38.4 Å². The maximum Gasteiger partial charge on any atom is 1.00 e. The van der Waals surface area contributed by atoms with E-state index in [1.807, 2.05) is 0 Å². The summed E-state index contributed by atoms with van der Waals surface area (Å²) in [4.78, 5) is 42.8. The van der Waals surface area contributed by atoms with Crippen LogP contribution < -0.4 is 80.2 Å². The zero-order valence-corrected chi connectivity index (χ0v) is 18.9. The van der Waals surface area contributed by atoms with Gasteiger partial charge in [-0.3, -0.25) is 14.3 Å². The number of fused-ring (bicyclic) bond motifs is 1. The number of aliphatic hydroxyl groups is 1. The summed E-state index contributed by atoms with van der Waals surface area (Å²) in [6.45, 7) is -0.606. The molecule has 3 rings (SSSR count). The summed E-state index contributed by atoms with van der Waals surface area (Å²) in [7, 11) is -5.16. The van der Waals surface area contributed by atoms with Crippen LogP contribution in [0.15, 0.2) is 11.1 Å².